The molecule has 21 heavy (non-hydrogen) atoms. The Morgan fingerprint density at radius 3 is 2.67 bits per heavy atom. The zero-order valence-electron chi connectivity index (χ0n) is 11.4. The number of nitrogen functional groups attached to an aromatic ring is 1. The largest absolute Gasteiger partial charge is 0.398 e. The summed E-state index contributed by atoms with van der Waals surface area (Å²) in [7, 11) is 0. The lowest BCUT2D eigenvalue weighted by molar-refractivity contribution is 0.0797. The van der Waals surface area contributed by atoms with Crippen LogP contribution in [0.4, 0.5) is 5.69 Å². The summed E-state index contributed by atoms with van der Waals surface area (Å²) in [6.07, 6.45) is 4.03. The Kier molecular flexibility index (Phi) is 3.80. The Morgan fingerprint density at radius 2 is 1.95 bits per heavy atom. The summed E-state index contributed by atoms with van der Waals surface area (Å²) in [5.74, 6) is 0.00140. The summed E-state index contributed by atoms with van der Waals surface area (Å²) in [5.41, 5.74) is 9.22. The number of halogens is 1. The zero-order valence-corrected chi connectivity index (χ0v) is 13.0. The van der Waals surface area contributed by atoms with Crippen molar-refractivity contribution in [1.82, 2.24) is 4.90 Å². The Hall–Kier alpha value is -2.07. The van der Waals surface area contributed by atoms with Gasteiger partial charge in [-0.05, 0) is 17.7 Å². The van der Waals surface area contributed by atoms with E-state index >= 15 is 0 Å². The van der Waals surface area contributed by atoms with Crippen molar-refractivity contribution in [2.24, 2.45) is 0 Å². The summed E-state index contributed by atoms with van der Waals surface area (Å²) in [6.45, 7) is 1.17. The van der Waals surface area contributed by atoms with Gasteiger partial charge < -0.3 is 10.6 Å². The summed E-state index contributed by atoms with van der Waals surface area (Å²) in [5, 5.41) is 0. The molecule has 0 bridgehead atoms. The van der Waals surface area contributed by atoms with Crippen LogP contribution in [-0.2, 0) is 6.54 Å². The highest BCUT2D eigenvalue weighted by atomic mass is 79.9. The summed E-state index contributed by atoms with van der Waals surface area (Å²) in [4.78, 5) is 14.2. The van der Waals surface area contributed by atoms with Crippen molar-refractivity contribution in [2.75, 3.05) is 12.3 Å². The Bertz CT molecular complexity index is 710. The number of hydrogen-bond donors (Lipinski definition) is 1. The quantitative estimate of drug-likeness (QED) is 0.864. The van der Waals surface area contributed by atoms with E-state index in [0.29, 0.717) is 24.3 Å². The molecule has 2 aromatic carbocycles. The van der Waals surface area contributed by atoms with Gasteiger partial charge in [0, 0.05) is 28.8 Å². The number of carbonyl (C=O) groups excluding carboxylic acids is 1. The van der Waals surface area contributed by atoms with Crippen LogP contribution >= 0.6 is 15.9 Å². The van der Waals surface area contributed by atoms with Crippen LogP contribution < -0.4 is 5.73 Å². The molecule has 0 radical (unpaired) electrons. The first-order valence-corrected chi connectivity index (χ1v) is 7.54. The monoisotopic (exact) mass is 342 g/mol. The van der Waals surface area contributed by atoms with Crippen molar-refractivity contribution < 1.29 is 4.79 Å². The van der Waals surface area contributed by atoms with Gasteiger partial charge in [0.05, 0.1) is 5.56 Å². The summed E-state index contributed by atoms with van der Waals surface area (Å²) >= 11 is 3.49. The summed E-state index contributed by atoms with van der Waals surface area (Å²) in [6, 6.07) is 13.7. The number of nitrogens with two attached hydrogens (primary N) is 1. The highest BCUT2D eigenvalue weighted by molar-refractivity contribution is 9.10. The van der Waals surface area contributed by atoms with E-state index < -0.39 is 0 Å². The molecule has 0 aromatic heterocycles. The number of rotatable bonds is 3. The van der Waals surface area contributed by atoms with Crippen LogP contribution in [0.2, 0.25) is 0 Å². The van der Waals surface area contributed by atoms with Crippen molar-refractivity contribution in [3.63, 3.8) is 0 Å². The van der Waals surface area contributed by atoms with E-state index in [1.807, 2.05) is 48.6 Å². The van der Waals surface area contributed by atoms with Gasteiger partial charge in [-0.1, -0.05) is 58.4 Å². The second-order valence-corrected chi connectivity index (χ2v) is 5.84. The van der Waals surface area contributed by atoms with Crippen molar-refractivity contribution in [3.05, 3.63) is 69.7 Å². The number of anilines is 1. The van der Waals surface area contributed by atoms with Gasteiger partial charge in [-0.25, -0.2) is 0 Å². The molecule has 2 N–H and O–H groups in total. The number of nitrogens with zero attached hydrogens (tertiary/aromatic N) is 1. The second kappa shape index (κ2) is 5.74. The lowest BCUT2D eigenvalue weighted by Gasteiger charge is -2.12. The van der Waals surface area contributed by atoms with E-state index in [-0.39, 0.29) is 5.91 Å². The molecule has 0 aliphatic carbocycles. The maximum atomic E-state index is 12.4. The molecule has 1 aliphatic heterocycles. The average molecular weight is 343 g/mol. The molecule has 0 spiro atoms. The van der Waals surface area contributed by atoms with Gasteiger partial charge in [-0.2, -0.15) is 0 Å². The van der Waals surface area contributed by atoms with Gasteiger partial charge >= 0.3 is 0 Å². The predicted molar refractivity (Wildman–Crippen MR) is 88.8 cm³/mol. The first-order chi connectivity index (χ1) is 10.2. The lowest BCUT2D eigenvalue weighted by Crippen LogP contribution is -2.24. The second-order valence-electron chi connectivity index (χ2n) is 4.99. The molecule has 1 amide bonds. The fourth-order valence-electron chi connectivity index (χ4n) is 2.50. The third-order valence-corrected chi connectivity index (χ3v) is 4.32. The fourth-order valence-corrected chi connectivity index (χ4v) is 2.95. The smallest absolute Gasteiger partial charge is 0.256 e. The third-order valence-electron chi connectivity index (χ3n) is 3.57. The van der Waals surface area contributed by atoms with E-state index in [1.54, 1.807) is 11.0 Å². The molecule has 2 aromatic rings. The molecule has 1 aliphatic rings. The molecule has 0 saturated carbocycles. The molecule has 106 valence electrons. The van der Waals surface area contributed by atoms with Gasteiger partial charge in [0.15, 0.2) is 0 Å². The molecular weight excluding hydrogens is 328 g/mol. The van der Waals surface area contributed by atoms with Crippen molar-refractivity contribution in [1.29, 1.82) is 0 Å². The number of benzene rings is 2. The Labute approximate surface area is 132 Å². The zero-order chi connectivity index (χ0) is 14.8. The van der Waals surface area contributed by atoms with Crippen LogP contribution in [0.25, 0.3) is 6.08 Å². The minimum Gasteiger partial charge on any atom is -0.398 e. The molecule has 0 saturated heterocycles. The molecule has 0 fully saturated rings. The molecule has 0 atom stereocenters. The first kappa shape index (κ1) is 13.9. The Morgan fingerprint density at radius 1 is 1.19 bits per heavy atom. The van der Waals surface area contributed by atoms with Crippen LogP contribution in [0, 0.1) is 0 Å². The first-order valence-electron chi connectivity index (χ1n) is 6.74. The highest BCUT2D eigenvalue weighted by Gasteiger charge is 2.30. The van der Waals surface area contributed by atoms with Crippen LogP contribution in [0.15, 0.2) is 53.0 Å². The summed E-state index contributed by atoms with van der Waals surface area (Å²) < 4.78 is 0.939. The van der Waals surface area contributed by atoms with E-state index in [0.717, 1.165) is 15.6 Å². The van der Waals surface area contributed by atoms with Crippen LogP contribution in [0.5, 0.6) is 0 Å². The minimum atomic E-state index is 0.00140. The van der Waals surface area contributed by atoms with Gasteiger partial charge in [0.2, 0.25) is 0 Å². The van der Waals surface area contributed by atoms with Gasteiger partial charge in [0.1, 0.15) is 0 Å². The third kappa shape index (κ3) is 2.72. The van der Waals surface area contributed by atoms with Crippen molar-refractivity contribution >= 4 is 33.6 Å². The van der Waals surface area contributed by atoms with Crippen molar-refractivity contribution in [2.45, 2.75) is 6.54 Å². The number of hydrogen-bond acceptors (Lipinski definition) is 2. The van der Waals surface area contributed by atoms with Gasteiger partial charge in [-0.15, -0.1) is 0 Å². The number of fused-ring (bicyclic) bond motifs is 1. The number of carbonyl (C=O) groups is 1. The molecule has 0 unspecified atom stereocenters. The number of amides is 1. The maximum Gasteiger partial charge on any atom is 0.256 e. The standard InChI is InChI=1S/C17H15BrN2O/c18-14-8-9-15(19)16-13(14)11-20(17(16)21)10-4-7-12-5-2-1-3-6-12/h1-9H,10-11,19H2/b7-4-. The average Bonchev–Trinajstić information content (AvgIpc) is 2.83. The lowest BCUT2D eigenvalue weighted by atomic mass is 10.1. The normalized spacial score (nSPS) is 14.0. The SMILES string of the molecule is Nc1ccc(Br)c2c1C(=O)N(C/C=C\c1ccccc1)C2. The van der Waals surface area contributed by atoms with Crippen molar-refractivity contribution in [3.8, 4) is 0 Å². The van der Waals surface area contributed by atoms with E-state index in [2.05, 4.69) is 15.9 Å². The van der Waals surface area contributed by atoms with Crippen LogP contribution in [-0.4, -0.2) is 17.4 Å². The Balaban J connectivity index is 1.75. The molecular formula is C17H15BrN2O. The maximum absolute atomic E-state index is 12.4. The molecule has 3 rings (SSSR count). The van der Waals surface area contributed by atoms with E-state index in [9.17, 15) is 4.79 Å². The fraction of sp³-hybridized carbons (Fsp3) is 0.118. The van der Waals surface area contributed by atoms with Crippen LogP contribution in [0.3, 0.4) is 0 Å². The molecule has 4 heteroatoms. The van der Waals surface area contributed by atoms with E-state index in [1.165, 1.54) is 0 Å². The topological polar surface area (TPSA) is 46.3 Å². The highest BCUT2D eigenvalue weighted by Crippen LogP contribution is 2.33. The van der Waals surface area contributed by atoms with Gasteiger partial charge in [-0.3, -0.25) is 4.79 Å². The van der Waals surface area contributed by atoms with Gasteiger partial charge in [0.25, 0.3) is 5.91 Å². The molecule has 3 nitrogen and oxygen atoms in total. The molecule has 1 heterocycles. The van der Waals surface area contributed by atoms with Crippen LogP contribution in [0.1, 0.15) is 21.5 Å². The van der Waals surface area contributed by atoms with E-state index in [4.69, 9.17) is 5.73 Å². The minimum absolute atomic E-state index is 0.00140. The predicted octanol–water partition coefficient (Wildman–Crippen LogP) is 3.70.